The largest absolute Gasteiger partial charge is 0.381 e. The summed E-state index contributed by atoms with van der Waals surface area (Å²) < 4.78 is 7.09. The minimum absolute atomic E-state index is 0.0145. The molecule has 3 unspecified atom stereocenters. The van der Waals surface area contributed by atoms with E-state index in [9.17, 15) is 9.59 Å². The van der Waals surface area contributed by atoms with Crippen LogP contribution in [0.2, 0.25) is 5.02 Å². The first-order valence-electron chi connectivity index (χ1n) is 12.7. The molecule has 3 saturated heterocycles. The smallest absolute Gasteiger partial charge is 0.273 e. The third-order valence-corrected chi connectivity index (χ3v) is 7.98. The van der Waals surface area contributed by atoms with Gasteiger partial charge < -0.3 is 19.9 Å². The van der Waals surface area contributed by atoms with Gasteiger partial charge in [-0.2, -0.15) is 5.10 Å². The molecule has 0 bridgehead atoms. The maximum Gasteiger partial charge on any atom is 0.273 e. The Kier molecular flexibility index (Phi) is 7.41. The number of aryl methyl sites for hydroxylation is 1. The van der Waals surface area contributed by atoms with Crippen molar-refractivity contribution in [2.24, 2.45) is 17.8 Å². The maximum atomic E-state index is 13.1. The number of benzene rings is 1. The number of aromatic nitrogens is 2. The molecular formula is C26H34ClN5O3. The molecule has 2 aromatic rings. The summed E-state index contributed by atoms with van der Waals surface area (Å²) in [6.45, 7) is 8.13. The van der Waals surface area contributed by atoms with E-state index in [0.717, 1.165) is 51.1 Å². The lowest BCUT2D eigenvalue weighted by atomic mass is 10.0. The van der Waals surface area contributed by atoms with Crippen LogP contribution < -0.4 is 5.32 Å². The number of hydrogen-bond donors (Lipinski definition) is 1. The van der Waals surface area contributed by atoms with Crippen molar-refractivity contribution in [3.8, 4) is 0 Å². The van der Waals surface area contributed by atoms with Gasteiger partial charge in [0.05, 0.1) is 29.8 Å². The van der Waals surface area contributed by atoms with Gasteiger partial charge in [-0.3, -0.25) is 14.3 Å². The van der Waals surface area contributed by atoms with E-state index in [-0.39, 0.29) is 23.8 Å². The first-order chi connectivity index (χ1) is 17.0. The molecule has 35 heavy (non-hydrogen) atoms. The molecule has 4 heterocycles. The van der Waals surface area contributed by atoms with E-state index >= 15 is 0 Å². The number of fused-ring (bicyclic) bond motifs is 1. The van der Waals surface area contributed by atoms with Gasteiger partial charge in [0.2, 0.25) is 5.91 Å². The van der Waals surface area contributed by atoms with E-state index in [1.807, 2.05) is 30.0 Å². The van der Waals surface area contributed by atoms with Crippen LogP contribution in [-0.4, -0.2) is 77.3 Å². The Labute approximate surface area is 211 Å². The molecule has 0 aliphatic carbocycles. The summed E-state index contributed by atoms with van der Waals surface area (Å²) in [4.78, 5) is 30.3. The standard InChI is InChI=1S/C26H34ClN5O3/c1-2-32-24(22(27)12-28-32)26(34)31-15-20-13-30(14-21(20)16-31)10-8-23(18-6-4-3-5-7-18)29-25(33)19-9-11-35-17-19/h3-7,12,19-21,23H,2,8-11,13-17H2,1H3,(H,29,33)/t19?,20-,21?,23?/m0/s1. The number of halogens is 1. The summed E-state index contributed by atoms with van der Waals surface area (Å²) in [5.74, 6) is 0.965. The van der Waals surface area contributed by atoms with Gasteiger partial charge in [-0.1, -0.05) is 41.9 Å². The second-order valence-corrected chi connectivity index (χ2v) is 10.4. The lowest BCUT2D eigenvalue weighted by Gasteiger charge is -2.25. The van der Waals surface area contributed by atoms with Gasteiger partial charge in [0, 0.05) is 45.9 Å². The number of nitrogens with zero attached hydrogens (tertiary/aromatic N) is 4. The zero-order valence-corrected chi connectivity index (χ0v) is 21.0. The van der Waals surface area contributed by atoms with Crippen molar-refractivity contribution in [3.05, 3.63) is 52.8 Å². The first-order valence-corrected chi connectivity index (χ1v) is 13.1. The lowest BCUT2D eigenvalue weighted by Crippen LogP contribution is -2.37. The lowest BCUT2D eigenvalue weighted by molar-refractivity contribution is -0.125. The Morgan fingerprint density at radius 2 is 1.91 bits per heavy atom. The van der Waals surface area contributed by atoms with Crippen LogP contribution in [-0.2, 0) is 16.1 Å². The number of carbonyl (C=O) groups is 2. The predicted octanol–water partition coefficient (Wildman–Crippen LogP) is 2.84. The van der Waals surface area contributed by atoms with Gasteiger partial charge in [0.1, 0.15) is 5.69 Å². The van der Waals surface area contributed by atoms with Crippen molar-refractivity contribution in [2.45, 2.75) is 32.4 Å². The number of hydrogen-bond acceptors (Lipinski definition) is 5. The van der Waals surface area contributed by atoms with E-state index in [1.54, 1.807) is 10.9 Å². The molecule has 2 amide bonds. The number of carbonyl (C=O) groups excluding carboxylic acids is 2. The van der Waals surface area contributed by atoms with Gasteiger partial charge in [0.15, 0.2) is 0 Å². The highest BCUT2D eigenvalue weighted by Crippen LogP contribution is 2.33. The van der Waals surface area contributed by atoms with E-state index in [0.29, 0.717) is 42.3 Å². The molecule has 3 fully saturated rings. The highest BCUT2D eigenvalue weighted by atomic mass is 35.5. The van der Waals surface area contributed by atoms with E-state index in [4.69, 9.17) is 16.3 Å². The minimum Gasteiger partial charge on any atom is -0.381 e. The van der Waals surface area contributed by atoms with E-state index in [2.05, 4.69) is 27.4 Å². The molecule has 1 aromatic heterocycles. The molecule has 3 aliphatic rings. The minimum atomic E-state index is -0.0478. The Morgan fingerprint density at radius 3 is 2.57 bits per heavy atom. The fraction of sp³-hybridized carbons (Fsp3) is 0.577. The highest BCUT2D eigenvalue weighted by Gasteiger charge is 2.42. The zero-order chi connectivity index (χ0) is 24.4. The summed E-state index contributed by atoms with van der Waals surface area (Å²) in [6, 6.07) is 10.2. The van der Waals surface area contributed by atoms with Crippen LogP contribution in [0, 0.1) is 17.8 Å². The van der Waals surface area contributed by atoms with Crippen molar-refractivity contribution in [1.82, 2.24) is 24.9 Å². The van der Waals surface area contributed by atoms with Crippen LogP contribution in [0.25, 0.3) is 0 Å². The molecule has 8 nitrogen and oxygen atoms in total. The van der Waals surface area contributed by atoms with E-state index < -0.39 is 0 Å². The molecule has 0 saturated carbocycles. The zero-order valence-electron chi connectivity index (χ0n) is 20.2. The Morgan fingerprint density at radius 1 is 1.17 bits per heavy atom. The second kappa shape index (κ2) is 10.7. The normalized spacial score (nSPS) is 25.1. The molecule has 9 heteroatoms. The fourth-order valence-corrected chi connectivity index (χ4v) is 5.98. The van der Waals surface area contributed by atoms with Gasteiger partial charge in [-0.15, -0.1) is 0 Å². The van der Waals surface area contributed by atoms with Gasteiger partial charge in [-0.05, 0) is 37.2 Å². The third-order valence-electron chi connectivity index (χ3n) is 7.70. The summed E-state index contributed by atoms with van der Waals surface area (Å²) in [6.07, 6.45) is 3.21. The van der Waals surface area contributed by atoms with Gasteiger partial charge in [0.25, 0.3) is 5.91 Å². The average Bonchev–Trinajstić information content (AvgIpc) is 3.65. The van der Waals surface area contributed by atoms with Crippen LogP contribution in [0.15, 0.2) is 36.5 Å². The third kappa shape index (κ3) is 5.25. The summed E-state index contributed by atoms with van der Waals surface area (Å²) in [5.41, 5.74) is 1.64. The van der Waals surface area contributed by atoms with Crippen LogP contribution in [0.3, 0.4) is 0 Å². The van der Waals surface area contributed by atoms with Gasteiger partial charge in [-0.25, -0.2) is 0 Å². The Bertz CT molecular complexity index is 1020. The van der Waals surface area contributed by atoms with Crippen LogP contribution in [0.1, 0.15) is 41.9 Å². The highest BCUT2D eigenvalue weighted by molar-refractivity contribution is 6.33. The molecule has 5 rings (SSSR count). The summed E-state index contributed by atoms with van der Waals surface area (Å²) in [7, 11) is 0. The predicted molar refractivity (Wildman–Crippen MR) is 133 cm³/mol. The van der Waals surface area contributed by atoms with Crippen molar-refractivity contribution in [1.29, 1.82) is 0 Å². The Balaban J connectivity index is 1.16. The van der Waals surface area contributed by atoms with Crippen molar-refractivity contribution in [2.75, 3.05) is 45.9 Å². The molecule has 3 aliphatic heterocycles. The molecule has 1 N–H and O–H groups in total. The summed E-state index contributed by atoms with van der Waals surface area (Å²) in [5, 5.41) is 7.92. The SMILES string of the molecule is CCn1ncc(Cl)c1C(=O)N1CC2CN(CCC(NC(=O)C3CCOC3)c3ccccc3)C[C@H]2C1. The number of likely N-dealkylation sites (tertiary alicyclic amines) is 2. The molecule has 0 spiro atoms. The number of ether oxygens (including phenoxy) is 1. The molecule has 4 atom stereocenters. The monoisotopic (exact) mass is 499 g/mol. The quantitative estimate of drug-likeness (QED) is 0.604. The number of nitrogens with one attached hydrogen (secondary N) is 1. The Hall–Kier alpha value is -2.42. The molecule has 0 radical (unpaired) electrons. The molecular weight excluding hydrogens is 466 g/mol. The van der Waals surface area contributed by atoms with Crippen LogP contribution >= 0.6 is 11.6 Å². The number of amides is 2. The van der Waals surface area contributed by atoms with Gasteiger partial charge >= 0.3 is 0 Å². The second-order valence-electron chi connectivity index (χ2n) is 9.97. The van der Waals surface area contributed by atoms with Crippen molar-refractivity contribution < 1.29 is 14.3 Å². The van der Waals surface area contributed by atoms with Crippen LogP contribution in [0.5, 0.6) is 0 Å². The summed E-state index contributed by atoms with van der Waals surface area (Å²) >= 11 is 6.26. The van der Waals surface area contributed by atoms with Crippen molar-refractivity contribution in [3.63, 3.8) is 0 Å². The molecule has 1 aromatic carbocycles. The van der Waals surface area contributed by atoms with Crippen LogP contribution in [0.4, 0.5) is 0 Å². The first kappa shape index (κ1) is 24.3. The average molecular weight is 500 g/mol. The number of rotatable bonds is 8. The maximum absolute atomic E-state index is 13.1. The van der Waals surface area contributed by atoms with E-state index in [1.165, 1.54) is 0 Å². The van der Waals surface area contributed by atoms with Crippen molar-refractivity contribution >= 4 is 23.4 Å². The molecule has 188 valence electrons. The topological polar surface area (TPSA) is 79.7 Å². The fourth-order valence-electron chi connectivity index (χ4n) is 5.75.